The van der Waals surface area contributed by atoms with Gasteiger partial charge in [-0.05, 0) is 37.3 Å². The topological polar surface area (TPSA) is 47.6 Å². The maximum atomic E-state index is 12.4. The van der Waals surface area contributed by atoms with Gasteiger partial charge in [-0.15, -0.1) is 0 Å². The highest BCUT2D eigenvalue weighted by Gasteiger charge is 2.14. The van der Waals surface area contributed by atoms with Gasteiger partial charge in [-0.25, -0.2) is 0 Å². The molecule has 0 unspecified atom stereocenters. The molecule has 0 atom stereocenters. The van der Waals surface area contributed by atoms with Crippen LogP contribution in [-0.2, 0) is 0 Å². The van der Waals surface area contributed by atoms with Crippen LogP contribution in [0.5, 0.6) is 11.5 Å². The molecule has 0 saturated carbocycles. The Morgan fingerprint density at radius 2 is 1.95 bits per heavy atom. The second kappa shape index (κ2) is 6.99. The smallest absolute Gasteiger partial charge is 0.259 e. The van der Waals surface area contributed by atoms with Gasteiger partial charge in [-0.2, -0.15) is 0 Å². The second-order valence-corrected chi connectivity index (χ2v) is 4.66. The van der Waals surface area contributed by atoms with E-state index in [0.29, 0.717) is 34.4 Å². The van der Waals surface area contributed by atoms with Crippen LogP contribution < -0.4 is 14.8 Å². The molecule has 21 heavy (non-hydrogen) atoms. The Labute approximate surface area is 128 Å². The zero-order valence-electron chi connectivity index (χ0n) is 11.9. The van der Waals surface area contributed by atoms with E-state index >= 15 is 0 Å². The zero-order chi connectivity index (χ0) is 15.2. The number of carbonyl (C=O) groups is 1. The predicted octanol–water partition coefficient (Wildman–Crippen LogP) is 4.00. The van der Waals surface area contributed by atoms with Crippen molar-refractivity contribution in [2.24, 2.45) is 0 Å². The van der Waals surface area contributed by atoms with Crippen molar-refractivity contribution < 1.29 is 14.3 Å². The molecule has 0 heterocycles. The molecule has 0 aromatic heterocycles. The van der Waals surface area contributed by atoms with E-state index in [4.69, 9.17) is 21.1 Å². The summed E-state index contributed by atoms with van der Waals surface area (Å²) in [6.07, 6.45) is 0. The van der Waals surface area contributed by atoms with Crippen LogP contribution in [0.1, 0.15) is 17.3 Å². The molecule has 1 amide bonds. The number of hydrogen-bond acceptors (Lipinski definition) is 3. The molecule has 4 nitrogen and oxygen atoms in total. The third kappa shape index (κ3) is 3.67. The molecule has 1 N–H and O–H groups in total. The number of hydrogen-bond donors (Lipinski definition) is 1. The van der Waals surface area contributed by atoms with Crippen molar-refractivity contribution in [3.05, 3.63) is 53.1 Å². The number of para-hydroxylation sites is 1. The van der Waals surface area contributed by atoms with Crippen molar-refractivity contribution in [1.29, 1.82) is 0 Å². The lowest BCUT2D eigenvalue weighted by molar-refractivity contribution is 0.102. The molecule has 0 radical (unpaired) electrons. The number of rotatable bonds is 5. The summed E-state index contributed by atoms with van der Waals surface area (Å²) in [6.45, 7) is 2.36. The molecule has 2 aromatic carbocycles. The Hall–Kier alpha value is -2.20. The van der Waals surface area contributed by atoms with E-state index in [-0.39, 0.29) is 5.91 Å². The SMILES string of the molecule is CCOc1ccccc1C(=O)Nc1cc(Cl)ccc1OC. The van der Waals surface area contributed by atoms with Gasteiger partial charge in [0.2, 0.25) is 0 Å². The lowest BCUT2D eigenvalue weighted by Gasteiger charge is -2.13. The van der Waals surface area contributed by atoms with Crippen molar-refractivity contribution in [1.82, 2.24) is 0 Å². The Morgan fingerprint density at radius 1 is 1.19 bits per heavy atom. The van der Waals surface area contributed by atoms with E-state index in [2.05, 4.69) is 5.32 Å². The number of ether oxygens (including phenoxy) is 2. The van der Waals surface area contributed by atoms with E-state index in [9.17, 15) is 4.79 Å². The lowest BCUT2D eigenvalue weighted by Crippen LogP contribution is -2.14. The van der Waals surface area contributed by atoms with Crippen molar-refractivity contribution in [3.8, 4) is 11.5 Å². The number of carbonyl (C=O) groups excluding carboxylic acids is 1. The third-order valence-corrected chi connectivity index (χ3v) is 3.08. The van der Waals surface area contributed by atoms with Gasteiger partial charge in [-0.1, -0.05) is 23.7 Å². The minimum absolute atomic E-state index is 0.278. The summed E-state index contributed by atoms with van der Waals surface area (Å²) in [7, 11) is 1.53. The number of anilines is 1. The number of amides is 1. The molecule has 2 aromatic rings. The molecule has 0 aliphatic rings. The largest absolute Gasteiger partial charge is 0.495 e. The van der Waals surface area contributed by atoms with Gasteiger partial charge in [0, 0.05) is 5.02 Å². The van der Waals surface area contributed by atoms with Gasteiger partial charge in [0.15, 0.2) is 0 Å². The standard InChI is InChI=1S/C16H16ClNO3/c1-3-21-14-7-5-4-6-12(14)16(19)18-13-10-11(17)8-9-15(13)20-2/h4-10H,3H2,1-2H3,(H,18,19). The quantitative estimate of drug-likeness (QED) is 0.908. The Morgan fingerprint density at radius 3 is 2.67 bits per heavy atom. The number of halogens is 1. The summed E-state index contributed by atoms with van der Waals surface area (Å²) in [6, 6.07) is 12.1. The number of nitrogens with one attached hydrogen (secondary N) is 1. The van der Waals surface area contributed by atoms with Gasteiger partial charge in [-0.3, -0.25) is 4.79 Å². The maximum Gasteiger partial charge on any atom is 0.259 e. The molecule has 0 fully saturated rings. The normalized spacial score (nSPS) is 10.0. The fourth-order valence-electron chi connectivity index (χ4n) is 1.90. The highest BCUT2D eigenvalue weighted by atomic mass is 35.5. The Balaban J connectivity index is 2.28. The van der Waals surface area contributed by atoms with Crippen molar-refractivity contribution >= 4 is 23.2 Å². The van der Waals surface area contributed by atoms with Gasteiger partial charge >= 0.3 is 0 Å². The van der Waals surface area contributed by atoms with Crippen LogP contribution in [0.25, 0.3) is 0 Å². The van der Waals surface area contributed by atoms with Crippen molar-refractivity contribution in [2.75, 3.05) is 19.0 Å². The van der Waals surface area contributed by atoms with E-state index in [1.54, 1.807) is 36.4 Å². The molecule has 0 aliphatic carbocycles. The second-order valence-electron chi connectivity index (χ2n) is 4.23. The average Bonchev–Trinajstić information content (AvgIpc) is 2.48. The molecule has 0 saturated heterocycles. The molecular weight excluding hydrogens is 290 g/mol. The van der Waals surface area contributed by atoms with Gasteiger partial charge < -0.3 is 14.8 Å². The first-order chi connectivity index (χ1) is 10.2. The van der Waals surface area contributed by atoms with Crippen LogP contribution >= 0.6 is 11.6 Å². The van der Waals surface area contributed by atoms with Crippen LogP contribution in [0.2, 0.25) is 5.02 Å². The fraction of sp³-hybridized carbons (Fsp3) is 0.188. The van der Waals surface area contributed by atoms with Gasteiger partial charge in [0.05, 0.1) is 25.0 Å². The van der Waals surface area contributed by atoms with Crippen LogP contribution in [-0.4, -0.2) is 19.6 Å². The molecule has 110 valence electrons. The predicted molar refractivity (Wildman–Crippen MR) is 83.6 cm³/mol. The summed E-state index contributed by atoms with van der Waals surface area (Å²) < 4.78 is 10.7. The van der Waals surface area contributed by atoms with Crippen LogP contribution in [0, 0.1) is 0 Å². The van der Waals surface area contributed by atoms with E-state index in [1.807, 2.05) is 13.0 Å². The molecule has 5 heteroatoms. The summed E-state index contributed by atoms with van der Waals surface area (Å²) in [4.78, 5) is 12.4. The molecule has 0 spiro atoms. The monoisotopic (exact) mass is 305 g/mol. The number of benzene rings is 2. The van der Waals surface area contributed by atoms with Crippen LogP contribution in [0.15, 0.2) is 42.5 Å². The maximum absolute atomic E-state index is 12.4. The van der Waals surface area contributed by atoms with Crippen LogP contribution in [0.4, 0.5) is 5.69 Å². The molecular formula is C16H16ClNO3. The Kier molecular flexibility index (Phi) is 5.06. The lowest BCUT2D eigenvalue weighted by atomic mass is 10.1. The highest BCUT2D eigenvalue weighted by molar-refractivity contribution is 6.31. The molecule has 2 rings (SSSR count). The molecule has 0 bridgehead atoms. The van der Waals surface area contributed by atoms with Gasteiger partial charge in [0.1, 0.15) is 11.5 Å². The summed E-state index contributed by atoms with van der Waals surface area (Å²) in [5, 5.41) is 3.31. The first-order valence-corrected chi connectivity index (χ1v) is 6.90. The van der Waals surface area contributed by atoms with Gasteiger partial charge in [0.25, 0.3) is 5.91 Å². The fourth-order valence-corrected chi connectivity index (χ4v) is 2.08. The van der Waals surface area contributed by atoms with Crippen LogP contribution in [0.3, 0.4) is 0 Å². The van der Waals surface area contributed by atoms with Crippen molar-refractivity contribution in [3.63, 3.8) is 0 Å². The van der Waals surface area contributed by atoms with Crippen molar-refractivity contribution in [2.45, 2.75) is 6.92 Å². The first-order valence-electron chi connectivity index (χ1n) is 6.52. The minimum Gasteiger partial charge on any atom is -0.495 e. The summed E-state index contributed by atoms with van der Waals surface area (Å²) >= 11 is 5.95. The average molecular weight is 306 g/mol. The molecule has 0 aliphatic heterocycles. The Bertz CT molecular complexity index is 643. The summed E-state index contributed by atoms with van der Waals surface area (Å²) in [5.74, 6) is 0.805. The minimum atomic E-state index is -0.278. The van der Waals surface area contributed by atoms with E-state index in [1.165, 1.54) is 7.11 Å². The summed E-state index contributed by atoms with van der Waals surface area (Å²) in [5.41, 5.74) is 0.975. The van der Waals surface area contributed by atoms with E-state index < -0.39 is 0 Å². The van der Waals surface area contributed by atoms with E-state index in [0.717, 1.165) is 0 Å². The zero-order valence-corrected chi connectivity index (χ0v) is 12.6. The highest BCUT2D eigenvalue weighted by Crippen LogP contribution is 2.29. The third-order valence-electron chi connectivity index (χ3n) is 2.84. The number of methoxy groups -OCH3 is 1. The first kappa shape index (κ1) is 15.2.